The standard InChI is InChI=1S/C11H18N2O3S/c1-3-13(6-7-14)17(15,16)11-5-4-10(12)8-9(11)2/h4-5,8,14H,3,6-7,12H2,1-2H3. The number of likely N-dealkylation sites (N-methyl/N-ethyl adjacent to an activating group) is 1. The summed E-state index contributed by atoms with van der Waals surface area (Å²) in [4.78, 5) is 0.238. The first-order valence-electron chi connectivity index (χ1n) is 5.40. The highest BCUT2D eigenvalue weighted by atomic mass is 32.2. The molecule has 0 unspecified atom stereocenters. The minimum absolute atomic E-state index is 0.0999. The SMILES string of the molecule is CCN(CCO)S(=O)(=O)c1ccc(N)cc1C. The van der Waals surface area contributed by atoms with E-state index in [-0.39, 0.29) is 18.0 Å². The van der Waals surface area contributed by atoms with Gasteiger partial charge in [0.05, 0.1) is 11.5 Å². The van der Waals surface area contributed by atoms with E-state index in [9.17, 15) is 8.42 Å². The van der Waals surface area contributed by atoms with Crippen molar-refractivity contribution in [3.05, 3.63) is 23.8 Å². The van der Waals surface area contributed by atoms with Gasteiger partial charge in [0.25, 0.3) is 0 Å². The summed E-state index contributed by atoms with van der Waals surface area (Å²) < 4.78 is 25.8. The number of aliphatic hydroxyl groups is 1. The second kappa shape index (κ2) is 5.48. The molecule has 0 saturated heterocycles. The number of aliphatic hydroxyl groups excluding tert-OH is 1. The van der Waals surface area contributed by atoms with Crippen LogP contribution in [0.3, 0.4) is 0 Å². The van der Waals surface area contributed by atoms with E-state index < -0.39 is 10.0 Å². The molecule has 0 aliphatic rings. The number of nitrogen functional groups attached to an aromatic ring is 1. The second-order valence-electron chi connectivity index (χ2n) is 3.75. The number of anilines is 1. The maximum absolute atomic E-state index is 12.3. The van der Waals surface area contributed by atoms with Crippen molar-refractivity contribution in [3.8, 4) is 0 Å². The number of benzene rings is 1. The van der Waals surface area contributed by atoms with Gasteiger partial charge in [-0.15, -0.1) is 0 Å². The Kier molecular flexibility index (Phi) is 4.50. The number of nitrogens with zero attached hydrogens (tertiary/aromatic N) is 1. The molecule has 17 heavy (non-hydrogen) atoms. The molecule has 0 spiro atoms. The average Bonchev–Trinajstić information content (AvgIpc) is 2.24. The number of nitrogens with two attached hydrogens (primary N) is 1. The van der Waals surface area contributed by atoms with Crippen molar-refractivity contribution < 1.29 is 13.5 Å². The maximum Gasteiger partial charge on any atom is 0.243 e. The third-order valence-corrected chi connectivity index (χ3v) is 4.65. The molecule has 0 aliphatic carbocycles. The van der Waals surface area contributed by atoms with Gasteiger partial charge in [-0.2, -0.15) is 4.31 Å². The lowest BCUT2D eigenvalue weighted by atomic mass is 10.2. The zero-order chi connectivity index (χ0) is 13.1. The number of aryl methyl sites for hydroxylation is 1. The van der Waals surface area contributed by atoms with Crippen LogP contribution in [0.1, 0.15) is 12.5 Å². The predicted octanol–water partition coefficient (Wildman–Crippen LogP) is 0.580. The molecule has 0 radical (unpaired) electrons. The first-order chi connectivity index (χ1) is 7.93. The Balaban J connectivity index is 3.20. The van der Waals surface area contributed by atoms with E-state index in [0.717, 1.165) is 0 Å². The molecule has 0 saturated carbocycles. The highest BCUT2D eigenvalue weighted by molar-refractivity contribution is 7.89. The van der Waals surface area contributed by atoms with E-state index in [2.05, 4.69) is 0 Å². The van der Waals surface area contributed by atoms with Crippen LogP contribution in [0.25, 0.3) is 0 Å². The fraction of sp³-hybridized carbons (Fsp3) is 0.455. The van der Waals surface area contributed by atoms with Gasteiger partial charge < -0.3 is 10.8 Å². The van der Waals surface area contributed by atoms with E-state index in [0.29, 0.717) is 17.8 Å². The smallest absolute Gasteiger partial charge is 0.243 e. The summed E-state index contributed by atoms with van der Waals surface area (Å²) in [6.45, 7) is 3.67. The molecule has 1 aromatic rings. The average molecular weight is 258 g/mol. The van der Waals surface area contributed by atoms with Crippen LogP contribution in [-0.4, -0.2) is 37.5 Å². The minimum atomic E-state index is -3.54. The molecular formula is C11H18N2O3S. The fourth-order valence-corrected chi connectivity index (χ4v) is 3.31. The van der Waals surface area contributed by atoms with Crippen molar-refractivity contribution in [1.29, 1.82) is 0 Å². The molecule has 6 heteroatoms. The van der Waals surface area contributed by atoms with Gasteiger partial charge in [-0.3, -0.25) is 0 Å². The van der Waals surface area contributed by atoms with Crippen molar-refractivity contribution in [1.82, 2.24) is 4.31 Å². The third-order valence-electron chi connectivity index (χ3n) is 2.52. The molecule has 1 rings (SSSR count). The Labute approximate surface area is 102 Å². The zero-order valence-corrected chi connectivity index (χ0v) is 10.9. The van der Waals surface area contributed by atoms with Crippen LogP contribution in [0.4, 0.5) is 5.69 Å². The van der Waals surface area contributed by atoms with Crippen molar-refractivity contribution in [2.24, 2.45) is 0 Å². The van der Waals surface area contributed by atoms with Crippen molar-refractivity contribution in [2.75, 3.05) is 25.4 Å². The molecule has 0 amide bonds. The highest BCUT2D eigenvalue weighted by Gasteiger charge is 2.24. The summed E-state index contributed by atoms with van der Waals surface area (Å²) in [6.07, 6.45) is 0. The molecule has 0 fully saturated rings. The van der Waals surface area contributed by atoms with E-state index in [1.807, 2.05) is 0 Å². The lowest BCUT2D eigenvalue weighted by Gasteiger charge is -2.20. The molecule has 1 aromatic carbocycles. The monoisotopic (exact) mass is 258 g/mol. The molecule has 0 aromatic heterocycles. The molecule has 0 bridgehead atoms. The van der Waals surface area contributed by atoms with Gasteiger partial charge in [-0.1, -0.05) is 6.92 Å². The zero-order valence-electron chi connectivity index (χ0n) is 10.0. The van der Waals surface area contributed by atoms with Gasteiger partial charge in [0.2, 0.25) is 10.0 Å². The Morgan fingerprint density at radius 3 is 2.53 bits per heavy atom. The quantitative estimate of drug-likeness (QED) is 0.757. The van der Waals surface area contributed by atoms with Gasteiger partial charge in [-0.25, -0.2) is 8.42 Å². The molecule has 0 aliphatic heterocycles. The Morgan fingerprint density at radius 1 is 1.41 bits per heavy atom. The van der Waals surface area contributed by atoms with Gasteiger partial charge in [0.1, 0.15) is 0 Å². The number of hydrogen-bond donors (Lipinski definition) is 2. The van der Waals surface area contributed by atoms with Crippen LogP contribution in [0.5, 0.6) is 0 Å². The lowest BCUT2D eigenvalue weighted by Crippen LogP contribution is -2.33. The van der Waals surface area contributed by atoms with Crippen molar-refractivity contribution in [2.45, 2.75) is 18.7 Å². The van der Waals surface area contributed by atoms with Gasteiger partial charge >= 0.3 is 0 Å². The lowest BCUT2D eigenvalue weighted by molar-refractivity contribution is 0.257. The predicted molar refractivity (Wildman–Crippen MR) is 67.1 cm³/mol. The summed E-state index contributed by atoms with van der Waals surface area (Å²) in [5.74, 6) is 0. The first kappa shape index (κ1) is 14.0. The summed E-state index contributed by atoms with van der Waals surface area (Å²) >= 11 is 0. The van der Waals surface area contributed by atoms with Crippen LogP contribution < -0.4 is 5.73 Å². The Morgan fingerprint density at radius 2 is 2.06 bits per heavy atom. The molecule has 0 atom stereocenters. The summed E-state index contributed by atoms with van der Waals surface area (Å²) in [5, 5.41) is 8.87. The maximum atomic E-state index is 12.3. The van der Waals surface area contributed by atoms with E-state index in [4.69, 9.17) is 10.8 Å². The van der Waals surface area contributed by atoms with Crippen molar-refractivity contribution in [3.63, 3.8) is 0 Å². The second-order valence-corrected chi connectivity index (χ2v) is 5.65. The van der Waals surface area contributed by atoms with Crippen LogP contribution in [0.2, 0.25) is 0 Å². The Bertz CT molecular complexity index is 485. The number of rotatable bonds is 5. The Hall–Kier alpha value is -1.11. The highest BCUT2D eigenvalue weighted by Crippen LogP contribution is 2.21. The fourth-order valence-electron chi connectivity index (χ4n) is 1.66. The van der Waals surface area contributed by atoms with E-state index >= 15 is 0 Å². The van der Waals surface area contributed by atoms with Gasteiger partial charge in [-0.05, 0) is 30.7 Å². The van der Waals surface area contributed by atoms with E-state index in [1.54, 1.807) is 26.0 Å². The molecule has 0 heterocycles. The summed E-state index contributed by atoms with van der Waals surface area (Å²) in [5.41, 5.74) is 6.74. The van der Waals surface area contributed by atoms with Crippen LogP contribution in [0, 0.1) is 6.92 Å². The summed E-state index contributed by atoms with van der Waals surface area (Å²) in [7, 11) is -3.54. The third kappa shape index (κ3) is 2.96. The van der Waals surface area contributed by atoms with Crippen LogP contribution in [0.15, 0.2) is 23.1 Å². The van der Waals surface area contributed by atoms with Gasteiger partial charge in [0, 0.05) is 18.8 Å². The normalized spacial score (nSPS) is 12.0. The molecular weight excluding hydrogens is 240 g/mol. The van der Waals surface area contributed by atoms with Crippen LogP contribution >= 0.6 is 0 Å². The molecule has 3 N–H and O–H groups in total. The number of hydrogen-bond acceptors (Lipinski definition) is 4. The first-order valence-corrected chi connectivity index (χ1v) is 6.84. The van der Waals surface area contributed by atoms with E-state index in [1.165, 1.54) is 10.4 Å². The number of sulfonamides is 1. The largest absolute Gasteiger partial charge is 0.399 e. The summed E-state index contributed by atoms with van der Waals surface area (Å²) in [6, 6.07) is 4.69. The minimum Gasteiger partial charge on any atom is -0.399 e. The van der Waals surface area contributed by atoms with Crippen LogP contribution in [-0.2, 0) is 10.0 Å². The van der Waals surface area contributed by atoms with Gasteiger partial charge in [0.15, 0.2) is 0 Å². The van der Waals surface area contributed by atoms with Crippen molar-refractivity contribution >= 4 is 15.7 Å². The molecule has 5 nitrogen and oxygen atoms in total. The topological polar surface area (TPSA) is 83.6 Å². The molecule has 96 valence electrons.